The summed E-state index contributed by atoms with van der Waals surface area (Å²) in [5, 5.41) is 0. The Morgan fingerprint density at radius 1 is 1.04 bits per heavy atom. The van der Waals surface area contributed by atoms with Crippen molar-refractivity contribution in [2.24, 2.45) is 0 Å². The summed E-state index contributed by atoms with van der Waals surface area (Å²) in [6.45, 7) is 4.84. The molecule has 0 aliphatic heterocycles. The molecule has 0 saturated heterocycles. The molecule has 0 unspecified atom stereocenters. The summed E-state index contributed by atoms with van der Waals surface area (Å²) in [5.74, 6) is -1.27. The van der Waals surface area contributed by atoms with Gasteiger partial charge < -0.3 is 14.5 Å². The Bertz CT molecular complexity index is 761. The lowest BCUT2D eigenvalue weighted by molar-refractivity contribution is 0.0466. The molecule has 0 aliphatic rings. The standard InChI is InChI=1S/C18H19NO5/c1-4-23-18(22)16-11(2)15(12(3)20)14(19-16)10-24-17(21)13-8-6-5-7-9-13/h5-9,19H,4,10H2,1-3H3. The van der Waals surface area contributed by atoms with Gasteiger partial charge in [-0.25, -0.2) is 9.59 Å². The van der Waals surface area contributed by atoms with E-state index < -0.39 is 11.9 Å². The van der Waals surface area contributed by atoms with E-state index in [0.29, 0.717) is 22.4 Å². The van der Waals surface area contributed by atoms with Crippen LogP contribution in [0.2, 0.25) is 0 Å². The van der Waals surface area contributed by atoms with Gasteiger partial charge in [0.25, 0.3) is 0 Å². The molecule has 6 heteroatoms. The highest BCUT2D eigenvalue weighted by Crippen LogP contribution is 2.21. The summed E-state index contributed by atoms with van der Waals surface area (Å²) in [6.07, 6.45) is 0. The Morgan fingerprint density at radius 3 is 2.29 bits per heavy atom. The van der Waals surface area contributed by atoms with Crippen LogP contribution in [-0.4, -0.2) is 29.3 Å². The summed E-state index contributed by atoms with van der Waals surface area (Å²) in [5.41, 5.74) is 1.83. The topological polar surface area (TPSA) is 85.5 Å². The van der Waals surface area contributed by atoms with Crippen molar-refractivity contribution < 1.29 is 23.9 Å². The van der Waals surface area contributed by atoms with Crippen molar-refractivity contribution in [3.05, 3.63) is 58.4 Å². The van der Waals surface area contributed by atoms with E-state index in [-0.39, 0.29) is 24.7 Å². The highest BCUT2D eigenvalue weighted by atomic mass is 16.5. The zero-order valence-corrected chi connectivity index (χ0v) is 13.8. The second-order valence-corrected chi connectivity index (χ2v) is 5.20. The molecule has 0 aliphatic carbocycles. The fraction of sp³-hybridized carbons (Fsp3) is 0.278. The molecule has 2 aromatic rings. The van der Waals surface area contributed by atoms with Gasteiger partial charge in [0, 0.05) is 5.56 Å². The lowest BCUT2D eigenvalue weighted by atomic mass is 10.1. The number of ketones is 1. The molecular weight excluding hydrogens is 310 g/mol. The van der Waals surface area contributed by atoms with Crippen molar-refractivity contribution in [1.82, 2.24) is 4.98 Å². The number of hydrogen-bond acceptors (Lipinski definition) is 5. The molecule has 0 amide bonds. The van der Waals surface area contributed by atoms with Crippen molar-refractivity contribution in [1.29, 1.82) is 0 Å². The Kier molecular flexibility index (Phi) is 5.52. The van der Waals surface area contributed by atoms with Crippen LogP contribution in [-0.2, 0) is 16.1 Å². The molecule has 126 valence electrons. The second kappa shape index (κ2) is 7.59. The maximum Gasteiger partial charge on any atom is 0.355 e. The quantitative estimate of drug-likeness (QED) is 0.650. The van der Waals surface area contributed by atoms with Crippen molar-refractivity contribution >= 4 is 17.7 Å². The first kappa shape index (κ1) is 17.5. The Hall–Kier alpha value is -2.89. The van der Waals surface area contributed by atoms with Crippen LogP contribution in [0.3, 0.4) is 0 Å². The molecule has 1 heterocycles. The van der Waals surface area contributed by atoms with E-state index in [2.05, 4.69) is 4.98 Å². The van der Waals surface area contributed by atoms with Gasteiger partial charge in [0.1, 0.15) is 12.3 Å². The Morgan fingerprint density at radius 2 is 1.71 bits per heavy atom. The third-order valence-electron chi connectivity index (χ3n) is 3.52. The van der Waals surface area contributed by atoms with Gasteiger partial charge in [-0.1, -0.05) is 18.2 Å². The van der Waals surface area contributed by atoms with Gasteiger partial charge in [0.05, 0.1) is 17.9 Å². The van der Waals surface area contributed by atoms with Crippen molar-refractivity contribution in [2.45, 2.75) is 27.4 Å². The molecule has 0 saturated carbocycles. The smallest absolute Gasteiger partial charge is 0.355 e. The lowest BCUT2D eigenvalue weighted by Gasteiger charge is -2.05. The fourth-order valence-corrected chi connectivity index (χ4v) is 2.45. The highest BCUT2D eigenvalue weighted by molar-refractivity contribution is 6.01. The predicted molar refractivity (Wildman–Crippen MR) is 87.1 cm³/mol. The number of nitrogens with one attached hydrogen (secondary N) is 1. The predicted octanol–water partition coefficient (Wildman–Crippen LogP) is 3.06. The van der Waals surface area contributed by atoms with Crippen molar-refractivity contribution in [3.8, 4) is 0 Å². The first-order valence-corrected chi connectivity index (χ1v) is 7.57. The minimum Gasteiger partial charge on any atom is -0.461 e. The van der Waals surface area contributed by atoms with Crippen LogP contribution >= 0.6 is 0 Å². The molecule has 0 atom stereocenters. The molecule has 1 aromatic carbocycles. The molecular formula is C18H19NO5. The van der Waals surface area contributed by atoms with E-state index in [0.717, 1.165) is 0 Å². The van der Waals surface area contributed by atoms with E-state index >= 15 is 0 Å². The van der Waals surface area contributed by atoms with Crippen LogP contribution in [0.4, 0.5) is 0 Å². The Labute approximate surface area is 139 Å². The zero-order chi connectivity index (χ0) is 17.7. The Balaban J connectivity index is 2.23. The van der Waals surface area contributed by atoms with E-state index in [4.69, 9.17) is 9.47 Å². The molecule has 1 N–H and O–H groups in total. The summed E-state index contributed by atoms with van der Waals surface area (Å²) >= 11 is 0. The minimum atomic E-state index is -0.543. The van der Waals surface area contributed by atoms with E-state index in [1.807, 2.05) is 0 Å². The second-order valence-electron chi connectivity index (χ2n) is 5.20. The first-order chi connectivity index (χ1) is 11.5. The van der Waals surface area contributed by atoms with Crippen LogP contribution in [0.5, 0.6) is 0 Å². The molecule has 6 nitrogen and oxygen atoms in total. The monoisotopic (exact) mass is 329 g/mol. The maximum atomic E-state index is 12.0. The molecule has 0 bridgehead atoms. The number of ether oxygens (including phenoxy) is 2. The van der Waals surface area contributed by atoms with E-state index in [1.54, 1.807) is 44.2 Å². The van der Waals surface area contributed by atoms with Gasteiger partial charge in [-0.2, -0.15) is 0 Å². The number of aromatic amines is 1. The van der Waals surface area contributed by atoms with Crippen LogP contribution < -0.4 is 0 Å². The number of H-pyrrole nitrogens is 1. The van der Waals surface area contributed by atoms with Gasteiger partial charge in [0.2, 0.25) is 0 Å². The zero-order valence-electron chi connectivity index (χ0n) is 13.8. The molecule has 0 spiro atoms. The summed E-state index contributed by atoms with van der Waals surface area (Å²) in [4.78, 5) is 38.7. The summed E-state index contributed by atoms with van der Waals surface area (Å²) in [6, 6.07) is 8.53. The number of esters is 2. The number of hydrogen-bond donors (Lipinski definition) is 1. The molecule has 24 heavy (non-hydrogen) atoms. The number of benzene rings is 1. The number of aromatic nitrogens is 1. The largest absolute Gasteiger partial charge is 0.461 e. The molecule has 0 radical (unpaired) electrons. The summed E-state index contributed by atoms with van der Waals surface area (Å²) in [7, 11) is 0. The van der Waals surface area contributed by atoms with Crippen LogP contribution in [0.25, 0.3) is 0 Å². The van der Waals surface area contributed by atoms with E-state index in [1.165, 1.54) is 6.92 Å². The lowest BCUT2D eigenvalue weighted by Crippen LogP contribution is -2.08. The number of Topliss-reactive ketones (excluding diaryl/α,β-unsaturated/α-hetero) is 1. The first-order valence-electron chi connectivity index (χ1n) is 7.57. The van der Waals surface area contributed by atoms with Gasteiger partial charge in [0.15, 0.2) is 5.78 Å². The van der Waals surface area contributed by atoms with Crippen LogP contribution in [0.1, 0.15) is 56.3 Å². The van der Waals surface area contributed by atoms with Crippen molar-refractivity contribution in [3.63, 3.8) is 0 Å². The van der Waals surface area contributed by atoms with E-state index in [9.17, 15) is 14.4 Å². The molecule has 1 aromatic heterocycles. The van der Waals surface area contributed by atoms with Crippen molar-refractivity contribution in [2.75, 3.05) is 6.61 Å². The number of carbonyl (C=O) groups excluding carboxylic acids is 3. The number of carbonyl (C=O) groups is 3. The third kappa shape index (κ3) is 3.71. The van der Waals surface area contributed by atoms with Crippen LogP contribution in [0, 0.1) is 6.92 Å². The number of rotatable bonds is 6. The van der Waals surface area contributed by atoms with Gasteiger partial charge in [-0.05, 0) is 38.5 Å². The third-order valence-corrected chi connectivity index (χ3v) is 3.52. The maximum absolute atomic E-state index is 12.0. The highest BCUT2D eigenvalue weighted by Gasteiger charge is 2.23. The van der Waals surface area contributed by atoms with Crippen LogP contribution in [0.15, 0.2) is 30.3 Å². The average molecular weight is 329 g/mol. The fourth-order valence-electron chi connectivity index (χ4n) is 2.45. The average Bonchev–Trinajstić information content (AvgIpc) is 2.90. The normalized spacial score (nSPS) is 10.3. The molecule has 0 fully saturated rings. The summed E-state index contributed by atoms with van der Waals surface area (Å²) < 4.78 is 10.2. The van der Waals surface area contributed by atoms with Gasteiger partial charge in [-0.3, -0.25) is 4.79 Å². The molecule has 2 rings (SSSR count). The SMILES string of the molecule is CCOC(=O)c1[nH]c(COC(=O)c2ccccc2)c(C(C)=O)c1C. The minimum absolute atomic E-state index is 0.136. The van der Waals surface area contributed by atoms with Gasteiger partial charge in [-0.15, -0.1) is 0 Å². The van der Waals surface area contributed by atoms with Gasteiger partial charge >= 0.3 is 11.9 Å².